The molecule has 0 heterocycles. The SMILES string of the molecule is CC(O)[C@H](O)[C@H](O)COP(O)O. The first kappa shape index (κ1) is 12.2. The predicted octanol–water partition coefficient (Wildman–Crippen LogP) is -1.68. The van der Waals surface area contributed by atoms with E-state index in [1.807, 2.05) is 0 Å². The molecule has 6 nitrogen and oxygen atoms in total. The van der Waals surface area contributed by atoms with E-state index in [4.69, 9.17) is 25.1 Å². The van der Waals surface area contributed by atoms with Crippen molar-refractivity contribution in [2.45, 2.75) is 25.2 Å². The highest BCUT2D eigenvalue weighted by atomic mass is 31.2. The molecule has 0 aliphatic carbocycles. The summed E-state index contributed by atoms with van der Waals surface area (Å²) in [6, 6.07) is 0. The first-order valence-corrected chi connectivity index (χ1v) is 4.46. The number of aliphatic hydroxyl groups excluding tert-OH is 3. The molecule has 0 rings (SSSR count). The van der Waals surface area contributed by atoms with E-state index in [2.05, 4.69) is 4.52 Å². The van der Waals surface area contributed by atoms with E-state index in [0.717, 1.165) is 0 Å². The first-order valence-electron chi connectivity index (χ1n) is 3.30. The second-order valence-electron chi connectivity index (χ2n) is 2.35. The molecule has 0 saturated carbocycles. The Labute approximate surface area is 71.0 Å². The zero-order valence-electron chi connectivity index (χ0n) is 6.53. The summed E-state index contributed by atoms with van der Waals surface area (Å²) in [5, 5.41) is 26.7. The van der Waals surface area contributed by atoms with Crippen molar-refractivity contribution >= 4 is 8.60 Å². The minimum Gasteiger partial charge on any atom is -0.391 e. The average molecular weight is 200 g/mol. The minimum absolute atomic E-state index is 0.426. The lowest BCUT2D eigenvalue weighted by Crippen LogP contribution is -2.38. The predicted molar refractivity (Wildman–Crippen MR) is 41.0 cm³/mol. The molecule has 0 radical (unpaired) electrons. The molecule has 3 atom stereocenters. The van der Waals surface area contributed by atoms with E-state index >= 15 is 0 Å². The molecule has 0 aromatic heterocycles. The van der Waals surface area contributed by atoms with E-state index in [9.17, 15) is 0 Å². The van der Waals surface area contributed by atoms with Gasteiger partial charge in [0.25, 0.3) is 0 Å². The van der Waals surface area contributed by atoms with Gasteiger partial charge in [-0.25, -0.2) is 0 Å². The van der Waals surface area contributed by atoms with Gasteiger partial charge in [0.15, 0.2) is 0 Å². The van der Waals surface area contributed by atoms with Gasteiger partial charge >= 0.3 is 8.60 Å². The van der Waals surface area contributed by atoms with Gasteiger partial charge in [-0.2, -0.15) is 0 Å². The van der Waals surface area contributed by atoms with Crippen LogP contribution in [0.3, 0.4) is 0 Å². The molecule has 0 fully saturated rings. The van der Waals surface area contributed by atoms with Crippen LogP contribution < -0.4 is 0 Å². The fraction of sp³-hybridized carbons (Fsp3) is 1.00. The number of rotatable bonds is 5. The molecular weight excluding hydrogens is 187 g/mol. The third-order valence-electron chi connectivity index (χ3n) is 1.25. The van der Waals surface area contributed by atoms with Crippen molar-refractivity contribution in [2.24, 2.45) is 0 Å². The van der Waals surface area contributed by atoms with Crippen LogP contribution in [-0.4, -0.2) is 50.0 Å². The van der Waals surface area contributed by atoms with E-state index in [0.29, 0.717) is 0 Å². The highest BCUT2D eigenvalue weighted by molar-refractivity contribution is 7.39. The van der Waals surface area contributed by atoms with Crippen molar-refractivity contribution in [3.63, 3.8) is 0 Å². The zero-order chi connectivity index (χ0) is 9.72. The Morgan fingerprint density at radius 3 is 2.08 bits per heavy atom. The summed E-state index contributed by atoms with van der Waals surface area (Å²) in [5.74, 6) is 0. The van der Waals surface area contributed by atoms with E-state index in [1.165, 1.54) is 6.92 Å². The smallest absolute Gasteiger partial charge is 0.327 e. The lowest BCUT2D eigenvalue weighted by molar-refractivity contribution is -0.0672. The molecule has 0 amide bonds. The zero-order valence-corrected chi connectivity index (χ0v) is 7.43. The molecule has 0 bridgehead atoms. The van der Waals surface area contributed by atoms with Gasteiger partial charge in [-0.05, 0) is 6.92 Å². The Balaban J connectivity index is 3.64. The molecule has 5 N–H and O–H groups in total. The van der Waals surface area contributed by atoms with Crippen LogP contribution >= 0.6 is 8.60 Å². The van der Waals surface area contributed by atoms with Gasteiger partial charge in [0.1, 0.15) is 12.2 Å². The van der Waals surface area contributed by atoms with Crippen LogP contribution in [0.4, 0.5) is 0 Å². The number of hydrogen-bond donors (Lipinski definition) is 5. The largest absolute Gasteiger partial charge is 0.391 e. The van der Waals surface area contributed by atoms with Crippen molar-refractivity contribution in [1.82, 2.24) is 0 Å². The molecule has 0 aliphatic rings. The average Bonchev–Trinajstić information content (AvgIpc) is 1.98. The van der Waals surface area contributed by atoms with E-state index in [1.54, 1.807) is 0 Å². The summed E-state index contributed by atoms with van der Waals surface area (Å²) in [4.78, 5) is 16.5. The van der Waals surface area contributed by atoms with Gasteiger partial charge in [0.2, 0.25) is 0 Å². The molecule has 0 aliphatic heterocycles. The maximum Gasteiger partial charge on any atom is 0.327 e. The highest BCUT2D eigenvalue weighted by Crippen LogP contribution is 2.24. The molecule has 7 heteroatoms. The highest BCUT2D eigenvalue weighted by Gasteiger charge is 2.22. The van der Waals surface area contributed by atoms with Crippen molar-refractivity contribution < 1.29 is 29.6 Å². The van der Waals surface area contributed by atoms with E-state index in [-0.39, 0.29) is 0 Å². The fourth-order valence-corrected chi connectivity index (χ4v) is 0.849. The molecule has 0 aromatic rings. The lowest BCUT2D eigenvalue weighted by atomic mass is 10.1. The van der Waals surface area contributed by atoms with Gasteiger partial charge in [0.05, 0.1) is 12.7 Å². The summed E-state index contributed by atoms with van der Waals surface area (Å²) in [6.45, 7) is 0.874. The second-order valence-corrected chi connectivity index (χ2v) is 3.11. The van der Waals surface area contributed by atoms with Crippen LogP contribution in [-0.2, 0) is 4.52 Å². The maximum absolute atomic E-state index is 8.99. The molecular formula is C5H13O6P. The van der Waals surface area contributed by atoms with Crippen LogP contribution in [0.5, 0.6) is 0 Å². The monoisotopic (exact) mass is 200 g/mol. The normalized spacial score (nSPS) is 19.2. The van der Waals surface area contributed by atoms with Gasteiger partial charge in [-0.15, -0.1) is 0 Å². The van der Waals surface area contributed by atoms with Gasteiger partial charge in [0, 0.05) is 0 Å². The molecule has 12 heavy (non-hydrogen) atoms. The standard InChI is InChI=1S/C5H13O6P/c1-3(6)5(8)4(7)2-11-12(9)10/h3-10H,2H2,1H3/t3?,4-,5+/m1/s1. The lowest BCUT2D eigenvalue weighted by Gasteiger charge is -2.19. The topological polar surface area (TPSA) is 110 Å². The summed E-state index contributed by atoms with van der Waals surface area (Å²) >= 11 is 0. The molecule has 0 spiro atoms. The minimum atomic E-state index is -2.53. The van der Waals surface area contributed by atoms with Crippen molar-refractivity contribution in [1.29, 1.82) is 0 Å². The van der Waals surface area contributed by atoms with Gasteiger partial charge in [-0.1, -0.05) is 0 Å². The Bertz CT molecular complexity index is 119. The quantitative estimate of drug-likeness (QED) is 0.339. The van der Waals surface area contributed by atoms with Crippen LogP contribution in [0.15, 0.2) is 0 Å². The molecule has 0 aromatic carbocycles. The summed E-state index contributed by atoms with van der Waals surface area (Å²) in [6.07, 6.45) is -3.76. The molecule has 1 unspecified atom stereocenters. The van der Waals surface area contributed by atoms with Gasteiger partial charge in [-0.3, -0.25) is 0 Å². The Morgan fingerprint density at radius 2 is 1.75 bits per heavy atom. The molecule has 74 valence electrons. The second kappa shape index (κ2) is 5.77. The Hall–Kier alpha value is 0.190. The van der Waals surface area contributed by atoms with Crippen molar-refractivity contribution in [3.8, 4) is 0 Å². The first-order chi connectivity index (χ1) is 5.45. The van der Waals surface area contributed by atoms with Crippen LogP contribution in [0.1, 0.15) is 6.92 Å². The molecule has 0 saturated heterocycles. The summed E-state index contributed by atoms with van der Waals surface area (Å²) in [5.41, 5.74) is 0. The van der Waals surface area contributed by atoms with Crippen molar-refractivity contribution in [2.75, 3.05) is 6.61 Å². The number of hydrogen-bond acceptors (Lipinski definition) is 6. The summed E-state index contributed by atoms with van der Waals surface area (Å²) < 4.78 is 4.23. The number of aliphatic hydroxyl groups is 3. The third-order valence-corrected chi connectivity index (χ3v) is 1.63. The fourth-order valence-electron chi connectivity index (χ4n) is 0.563. The van der Waals surface area contributed by atoms with Gasteiger partial charge < -0.3 is 29.6 Å². The van der Waals surface area contributed by atoms with E-state index < -0.39 is 33.5 Å². The maximum atomic E-state index is 8.99. The summed E-state index contributed by atoms with van der Waals surface area (Å²) in [7, 11) is -2.53. The Morgan fingerprint density at radius 1 is 1.25 bits per heavy atom. The van der Waals surface area contributed by atoms with Crippen molar-refractivity contribution in [3.05, 3.63) is 0 Å². The third kappa shape index (κ3) is 4.95. The van der Waals surface area contributed by atoms with Crippen LogP contribution in [0, 0.1) is 0 Å². The Kier molecular flexibility index (Phi) is 5.86. The van der Waals surface area contributed by atoms with Crippen LogP contribution in [0.25, 0.3) is 0 Å². The van der Waals surface area contributed by atoms with Crippen LogP contribution in [0.2, 0.25) is 0 Å².